The third kappa shape index (κ3) is 2.00. The molecule has 1 aromatic rings. The van der Waals surface area contributed by atoms with E-state index in [4.69, 9.17) is 0 Å². The third-order valence-electron chi connectivity index (χ3n) is 2.74. The third-order valence-corrected chi connectivity index (χ3v) is 2.74. The maximum atomic E-state index is 10.9. The van der Waals surface area contributed by atoms with Gasteiger partial charge in [-0.2, -0.15) is 0 Å². The van der Waals surface area contributed by atoms with Gasteiger partial charge in [0.05, 0.1) is 12.2 Å². The maximum absolute atomic E-state index is 10.9. The molecule has 1 heterocycles. The number of hydrogen-bond donors (Lipinski definition) is 0. The van der Waals surface area contributed by atoms with Gasteiger partial charge in [-0.3, -0.25) is 0 Å². The maximum Gasteiger partial charge on any atom is 0.294 e. The highest BCUT2D eigenvalue weighted by molar-refractivity contribution is 6.64. The smallest absolute Gasteiger partial charge is 0.294 e. The zero-order valence-corrected chi connectivity index (χ0v) is 8.30. The van der Waals surface area contributed by atoms with Crippen LogP contribution in [0.5, 0.6) is 0 Å². The molecule has 0 aromatic heterocycles. The van der Waals surface area contributed by atoms with E-state index in [0.29, 0.717) is 13.0 Å². The zero-order chi connectivity index (χ0) is 10.7. The Morgan fingerprint density at radius 2 is 2.00 bits per heavy atom. The largest absolute Gasteiger partial charge is 0.327 e. The molecule has 2 rings (SSSR count). The van der Waals surface area contributed by atoms with E-state index in [-0.39, 0.29) is 6.04 Å². The van der Waals surface area contributed by atoms with Gasteiger partial charge in [-0.05, 0) is 17.5 Å². The summed E-state index contributed by atoms with van der Waals surface area (Å²) in [5, 5.41) is 0. The molecule has 1 aromatic carbocycles. The number of aldehydes is 1. The fraction of sp³-hybridized carbons (Fsp3) is 0.273. The molecule has 0 unspecified atom stereocenters. The molecule has 75 valence electrons. The van der Waals surface area contributed by atoms with Crippen LogP contribution < -0.4 is 0 Å². The van der Waals surface area contributed by atoms with Crippen LogP contribution in [0.1, 0.15) is 11.1 Å². The molecule has 4 heteroatoms. The van der Waals surface area contributed by atoms with Gasteiger partial charge in [0.2, 0.25) is 0 Å². The molecule has 0 amide bonds. The predicted octanol–water partition coefficient (Wildman–Crippen LogP) is 0.422. The van der Waals surface area contributed by atoms with Gasteiger partial charge in [0.15, 0.2) is 0 Å². The summed E-state index contributed by atoms with van der Waals surface area (Å²) in [6, 6.07) is 7.80. The Hall–Kier alpha value is -1.42. The Bertz CT molecular complexity index is 381. The molecule has 1 atom stereocenters. The van der Waals surface area contributed by atoms with E-state index in [1.807, 2.05) is 24.3 Å². The monoisotopic (exact) mass is 200 g/mol. The summed E-state index contributed by atoms with van der Waals surface area (Å²) < 4.78 is 0. The fourth-order valence-electron chi connectivity index (χ4n) is 1.94. The standard InChI is InChI=1S/C11H11BNO2/c14-7-11-5-9-3-1-2-4-10(9)6-13(11)12-8-15/h1-4,7-8,11H,5-6H2/t11-/m0/s1. The molecule has 3 nitrogen and oxygen atoms in total. The van der Waals surface area contributed by atoms with Crippen molar-refractivity contribution in [3.8, 4) is 0 Å². The Morgan fingerprint density at radius 1 is 1.27 bits per heavy atom. The summed E-state index contributed by atoms with van der Waals surface area (Å²) in [5.41, 5.74) is 2.39. The number of carbonyl (C=O) groups excluding carboxylic acids is 2. The predicted molar refractivity (Wildman–Crippen MR) is 58.0 cm³/mol. The second-order valence-electron chi connectivity index (χ2n) is 3.63. The highest BCUT2D eigenvalue weighted by Crippen LogP contribution is 2.21. The molecule has 0 saturated carbocycles. The van der Waals surface area contributed by atoms with E-state index < -0.39 is 0 Å². The lowest BCUT2D eigenvalue weighted by Crippen LogP contribution is -2.44. The van der Waals surface area contributed by atoms with Crippen LogP contribution >= 0.6 is 0 Å². The van der Waals surface area contributed by atoms with Crippen LogP contribution in [0.3, 0.4) is 0 Å². The SMILES string of the molecule is O=C[B]N1Cc2ccccc2C[C@H]1C=O. The Balaban J connectivity index is 2.26. The first-order valence-electron chi connectivity index (χ1n) is 4.91. The molecule has 1 aliphatic heterocycles. The summed E-state index contributed by atoms with van der Waals surface area (Å²) in [6.45, 7) is 0.637. The number of fused-ring (bicyclic) bond motifs is 1. The molecular formula is C11H11BNO2. The van der Waals surface area contributed by atoms with Crippen molar-refractivity contribution in [1.29, 1.82) is 0 Å². The molecule has 15 heavy (non-hydrogen) atoms. The van der Waals surface area contributed by atoms with Crippen LogP contribution in [-0.2, 0) is 22.6 Å². The number of rotatable bonds is 3. The molecule has 0 spiro atoms. The van der Waals surface area contributed by atoms with E-state index in [9.17, 15) is 9.59 Å². The van der Waals surface area contributed by atoms with E-state index in [2.05, 4.69) is 0 Å². The molecule has 0 saturated heterocycles. The molecule has 0 bridgehead atoms. The van der Waals surface area contributed by atoms with Crippen LogP contribution in [0.2, 0.25) is 0 Å². The minimum atomic E-state index is -0.204. The van der Waals surface area contributed by atoms with Crippen molar-refractivity contribution >= 4 is 19.9 Å². The average molecular weight is 200 g/mol. The van der Waals surface area contributed by atoms with Crippen molar-refractivity contribution in [2.75, 3.05) is 0 Å². The molecule has 0 aliphatic carbocycles. The van der Waals surface area contributed by atoms with E-state index >= 15 is 0 Å². The summed E-state index contributed by atoms with van der Waals surface area (Å²) in [5.74, 6) is 0. The summed E-state index contributed by atoms with van der Waals surface area (Å²) >= 11 is 0. The number of nitrogens with zero attached hydrogens (tertiary/aromatic N) is 1. The van der Waals surface area contributed by atoms with Gasteiger partial charge in [-0.1, -0.05) is 24.3 Å². The minimum Gasteiger partial charge on any atom is -0.327 e. The first kappa shape index (κ1) is 10.1. The lowest BCUT2D eigenvalue weighted by molar-refractivity contribution is -0.111. The lowest BCUT2D eigenvalue weighted by Gasteiger charge is -2.32. The number of hydrogen-bond acceptors (Lipinski definition) is 3. The van der Waals surface area contributed by atoms with Crippen LogP contribution in [0, 0.1) is 0 Å². The van der Waals surface area contributed by atoms with Gasteiger partial charge in [-0.25, -0.2) is 0 Å². The number of carbonyl (C=O) groups is 2. The Morgan fingerprint density at radius 3 is 2.67 bits per heavy atom. The van der Waals surface area contributed by atoms with Gasteiger partial charge >= 0.3 is 0 Å². The topological polar surface area (TPSA) is 37.4 Å². The first-order valence-corrected chi connectivity index (χ1v) is 4.91. The second kappa shape index (κ2) is 4.40. The quantitative estimate of drug-likeness (QED) is 0.524. The Kier molecular flexibility index (Phi) is 2.97. The molecular weight excluding hydrogens is 189 g/mol. The lowest BCUT2D eigenvalue weighted by atomic mass is 9.84. The fourth-order valence-corrected chi connectivity index (χ4v) is 1.94. The van der Waals surface area contributed by atoms with Crippen molar-refractivity contribution < 1.29 is 9.59 Å². The van der Waals surface area contributed by atoms with Gasteiger partial charge in [0.1, 0.15) is 6.29 Å². The second-order valence-corrected chi connectivity index (χ2v) is 3.63. The minimum absolute atomic E-state index is 0.204. The molecule has 0 N–H and O–H groups in total. The van der Waals surface area contributed by atoms with E-state index in [1.54, 1.807) is 4.81 Å². The van der Waals surface area contributed by atoms with Gasteiger partial charge < -0.3 is 14.4 Å². The number of benzene rings is 1. The molecule has 0 fully saturated rings. The van der Waals surface area contributed by atoms with Crippen molar-refractivity contribution in [3.63, 3.8) is 0 Å². The average Bonchev–Trinajstić information content (AvgIpc) is 2.28. The van der Waals surface area contributed by atoms with Crippen molar-refractivity contribution in [3.05, 3.63) is 35.4 Å². The van der Waals surface area contributed by atoms with Crippen molar-refractivity contribution in [1.82, 2.24) is 4.81 Å². The summed E-state index contributed by atoms with van der Waals surface area (Å²) in [7, 11) is 1.44. The van der Waals surface area contributed by atoms with E-state index in [1.165, 1.54) is 18.5 Å². The van der Waals surface area contributed by atoms with Gasteiger partial charge in [0.25, 0.3) is 7.41 Å². The summed E-state index contributed by atoms with van der Waals surface area (Å²) in [4.78, 5) is 23.1. The van der Waals surface area contributed by atoms with Crippen LogP contribution in [-0.4, -0.2) is 30.7 Å². The van der Waals surface area contributed by atoms with Gasteiger partial charge in [-0.15, -0.1) is 0 Å². The normalized spacial score (nSPS) is 20.4. The molecule has 1 radical (unpaired) electrons. The Labute approximate surface area is 89.3 Å². The highest BCUT2D eigenvalue weighted by Gasteiger charge is 2.25. The van der Waals surface area contributed by atoms with Crippen LogP contribution in [0.4, 0.5) is 0 Å². The van der Waals surface area contributed by atoms with Crippen LogP contribution in [0.15, 0.2) is 24.3 Å². The van der Waals surface area contributed by atoms with Crippen LogP contribution in [0.25, 0.3) is 0 Å². The van der Waals surface area contributed by atoms with Gasteiger partial charge in [0, 0.05) is 6.54 Å². The van der Waals surface area contributed by atoms with Crippen molar-refractivity contribution in [2.24, 2.45) is 0 Å². The first-order chi connectivity index (χ1) is 7.35. The zero-order valence-electron chi connectivity index (χ0n) is 8.30. The van der Waals surface area contributed by atoms with Crippen molar-refractivity contribution in [2.45, 2.75) is 19.0 Å². The summed E-state index contributed by atoms with van der Waals surface area (Å²) in [6.07, 6.45) is 2.31. The highest BCUT2D eigenvalue weighted by atomic mass is 16.1. The molecule has 1 aliphatic rings. The van der Waals surface area contributed by atoms with E-state index in [0.717, 1.165) is 12.5 Å².